The summed E-state index contributed by atoms with van der Waals surface area (Å²) in [6, 6.07) is 15.0. The summed E-state index contributed by atoms with van der Waals surface area (Å²) in [4.78, 5) is 30.2. The minimum absolute atomic E-state index is 0.0985. The Morgan fingerprint density at radius 1 is 1.07 bits per heavy atom. The maximum atomic E-state index is 13.8. The molecule has 2 aromatic heterocycles. The quantitative estimate of drug-likeness (QED) is 0.551. The number of halogens is 2. The lowest BCUT2D eigenvalue weighted by Gasteiger charge is -2.13. The number of carbonyl (C=O) groups excluding carboxylic acids is 1. The van der Waals surface area contributed by atoms with Crippen molar-refractivity contribution >= 4 is 22.6 Å². The van der Waals surface area contributed by atoms with Crippen LogP contribution in [0.4, 0.5) is 14.5 Å². The Labute approximate surface area is 170 Å². The van der Waals surface area contributed by atoms with Crippen molar-refractivity contribution < 1.29 is 13.6 Å². The number of hydrogen-bond acceptors (Lipinski definition) is 3. The van der Waals surface area contributed by atoms with E-state index in [9.17, 15) is 18.4 Å². The number of aryl methyl sites for hydroxylation is 1. The summed E-state index contributed by atoms with van der Waals surface area (Å²) in [6.45, 7) is 1.73. The zero-order chi connectivity index (χ0) is 21.3. The number of nitrogens with one attached hydrogen (secondary N) is 1. The molecule has 0 saturated heterocycles. The lowest BCUT2D eigenvalue weighted by molar-refractivity contribution is 0.102. The maximum Gasteiger partial charge on any atom is 0.265 e. The fraction of sp³-hybridized carbons (Fsp3) is 0.0870. The largest absolute Gasteiger partial charge is 0.322 e. The van der Waals surface area contributed by atoms with Gasteiger partial charge in [0.25, 0.3) is 11.5 Å². The van der Waals surface area contributed by atoms with Gasteiger partial charge in [0, 0.05) is 17.3 Å². The SMILES string of the molecule is Cc1ccc(NC(=O)c2cc3cccnc3n(Cc3ccc(F)cc3)c2=O)cc1F. The molecule has 150 valence electrons. The zero-order valence-electron chi connectivity index (χ0n) is 16.0. The highest BCUT2D eigenvalue weighted by atomic mass is 19.1. The van der Waals surface area contributed by atoms with Gasteiger partial charge in [-0.2, -0.15) is 0 Å². The van der Waals surface area contributed by atoms with Crippen molar-refractivity contribution in [3.8, 4) is 0 Å². The van der Waals surface area contributed by atoms with Gasteiger partial charge in [-0.1, -0.05) is 18.2 Å². The molecule has 0 radical (unpaired) electrons. The molecule has 1 amide bonds. The smallest absolute Gasteiger partial charge is 0.265 e. The summed E-state index contributed by atoms with van der Waals surface area (Å²) in [5.41, 5.74) is 1.15. The van der Waals surface area contributed by atoms with E-state index in [2.05, 4.69) is 10.3 Å². The molecule has 0 unspecified atom stereocenters. The van der Waals surface area contributed by atoms with Gasteiger partial charge in [-0.15, -0.1) is 0 Å². The summed E-state index contributed by atoms with van der Waals surface area (Å²) in [6.07, 6.45) is 1.55. The summed E-state index contributed by atoms with van der Waals surface area (Å²) in [5.74, 6) is -1.49. The Morgan fingerprint density at radius 2 is 1.83 bits per heavy atom. The predicted molar refractivity (Wildman–Crippen MR) is 111 cm³/mol. The molecule has 2 aromatic carbocycles. The molecule has 1 N–H and O–H groups in total. The normalized spacial score (nSPS) is 10.9. The van der Waals surface area contributed by atoms with Gasteiger partial charge in [0.2, 0.25) is 0 Å². The Hall–Kier alpha value is -3.87. The summed E-state index contributed by atoms with van der Waals surface area (Å²) in [5, 5.41) is 3.16. The van der Waals surface area contributed by atoms with E-state index in [1.165, 1.54) is 28.8 Å². The molecular formula is C23H17F2N3O2. The van der Waals surface area contributed by atoms with Crippen LogP contribution in [0.1, 0.15) is 21.5 Å². The number of anilines is 1. The minimum Gasteiger partial charge on any atom is -0.322 e. The van der Waals surface area contributed by atoms with Crippen molar-refractivity contribution in [1.82, 2.24) is 9.55 Å². The second-order valence-corrected chi connectivity index (χ2v) is 6.91. The Kier molecular flexibility index (Phi) is 5.10. The molecule has 0 fully saturated rings. The van der Waals surface area contributed by atoms with Gasteiger partial charge in [-0.3, -0.25) is 14.2 Å². The van der Waals surface area contributed by atoms with Crippen LogP contribution in [0.3, 0.4) is 0 Å². The topological polar surface area (TPSA) is 64.0 Å². The maximum absolute atomic E-state index is 13.8. The van der Waals surface area contributed by atoms with E-state index < -0.39 is 17.3 Å². The third-order valence-corrected chi connectivity index (χ3v) is 4.78. The zero-order valence-corrected chi connectivity index (χ0v) is 16.0. The monoisotopic (exact) mass is 405 g/mol. The Balaban J connectivity index is 1.77. The molecule has 0 spiro atoms. The van der Waals surface area contributed by atoms with Crippen LogP contribution in [-0.2, 0) is 6.54 Å². The fourth-order valence-corrected chi connectivity index (χ4v) is 3.16. The molecule has 30 heavy (non-hydrogen) atoms. The van der Waals surface area contributed by atoms with Crippen LogP contribution in [0.15, 0.2) is 71.7 Å². The van der Waals surface area contributed by atoms with Crippen LogP contribution in [0, 0.1) is 18.6 Å². The molecule has 0 saturated carbocycles. The molecule has 0 atom stereocenters. The number of pyridine rings is 2. The average Bonchev–Trinajstić information content (AvgIpc) is 2.74. The van der Waals surface area contributed by atoms with Crippen LogP contribution in [0.25, 0.3) is 11.0 Å². The third kappa shape index (κ3) is 3.82. The van der Waals surface area contributed by atoms with E-state index in [4.69, 9.17) is 0 Å². The summed E-state index contributed by atoms with van der Waals surface area (Å²) >= 11 is 0. The number of fused-ring (bicyclic) bond motifs is 1. The molecule has 4 aromatic rings. The fourth-order valence-electron chi connectivity index (χ4n) is 3.16. The molecule has 4 rings (SSSR count). The standard InChI is InChI=1S/C23H17F2N3O2/c1-14-4-9-18(12-20(14)25)27-22(29)19-11-16-3-2-10-26-21(16)28(23(19)30)13-15-5-7-17(24)8-6-15/h2-12H,13H2,1H3,(H,27,29). The van der Waals surface area contributed by atoms with Crippen LogP contribution in [-0.4, -0.2) is 15.5 Å². The second kappa shape index (κ2) is 7.87. The van der Waals surface area contributed by atoms with E-state index in [-0.39, 0.29) is 23.6 Å². The van der Waals surface area contributed by atoms with Gasteiger partial charge in [-0.25, -0.2) is 13.8 Å². The van der Waals surface area contributed by atoms with Crippen LogP contribution in [0.5, 0.6) is 0 Å². The highest BCUT2D eigenvalue weighted by molar-refractivity contribution is 6.05. The minimum atomic E-state index is -0.651. The van der Waals surface area contributed by atoms with Gasteiger partial charge in [0.1, 0.15) is 22.8 Å². The first kappa shape index (κ1) is 19.4. The molecule has 0 bridgehead atoms. The van der Waals surface area contributed by atoms with Crippen molar-refractivity contribution in [2.24, 2.45) is 0 Å². The van der Waals surface area contributed by atoms with Crippen LogP contribution in [0.2, 0.25) is 0 Å². The van der Waals surface area contributed by atoms with Crippen molar-refractivity contribution in [1.29, 1.82) is 0 Å². The lowest BCUT2D eigenvalue weighted by Crippen LogP contribution is -2.30. The Morgan fingerprint density at radius 3 is 2.57 bits per heavy atom. The molecule has 5 nitrogen and oxygen atoms in total. The van der Waals surface area contributed by atoms with E-state index in [0.717, 1.165) is 0 Å². The van der Waals surface area contributed by atoms with Crippen LogP contribution < -0.4 is 10.9 Å². The summed E-state index contributed by atoms with van der Waals surface area (Å²) in [7, 11) is 0. The summed E-state index contributed by atoms with van der Waals surface area (Å²) < 4.78 is 28.4. The number of nitrogens with zero attached hydrogens (tertiary/aromatic N) is 2. The van der Waals surface area contributed by atoms with Crippen molar-refractivity contribution in [2.75, 3.05) is 5.32 Å². The first-order valence-electron chi connectivity index (χ1n) is 9.23. The van der Waals surface area contributed by atoms with Gasteiger partial charge in [0.05, 0.1) is 6.54 Å². The number of benzene rings is 2. The van der Waals surface area contributed by atoms with Gasteiger partial charge in [-0.05, 0) is 60.5 Å². The number of carbonyl (C=O) groups is 1. The molecule has 0 aliphatic carbocycles. The highest BCUT2D eigenvalue weighted by Crippen LogP contribution is 2.17. The first-order valence-corrected chi connectivity index (χ1v) is 9.23. The number of hydrogen-bond donors (Lipinski definition) is 1. The molecule has 2 heterocycles. The molecular weight excluding hydrogens is 388 g/mol. The number of amides is 1. The van der Waals surface area contributed by atoms with E-state index in [1.54, 1.807) is 49.5 Å². The van der Waals surface area contributed by atoms with Gasteiger partial charge >= 0.3 is 0 Å². The molecule has 0 aliphatic rings. The van der Waals surface area contributed by atoms with Gasteiger partial charge < -0.3 is 5.32 Å². The molecule has 0 aliphatic heterocycles. The van der Waals surface area contributed by atoms with Crippen molar-refractivity contribution in [3.05, 3.63) is 106 Å². The highest BCUT2D eigenvalue weighted by Gasteiger charge is 2.17. The van der Waals surface area contributed by atoms with Gasteiger partial charge in [0.15, 0.2) is 0 Å². The third-order valence-electron chi connectivity index (χ3n) is 4.78. The van der Waals surface area contributed by atoms with Crippen molar-refractivity contribution in [2.45, 2.75) is 13.5 Å². The average molecular weight is 405 g/mol. The van der Waals surface area contributed by atoms with E-state index in [0.29, 0.717) is 22.2 Å². The Bertz CT molecular complexity index is 1310. The lowest BCUT2D eigenvalue weighted by atomic mass is 10.1. The number of aromatic nitrogens is 2. The predicted octanol–water partition coefficient (Wildman–Crippen LogP) is 4.28. The number of rotatable bonds is 4. The van der Waals surface area contributed by atoms with Crippen molar-refractivity contribution in [3.63, 3.8) is 0 Å². The molecule has 7 heteroatoms. The van der Waals surface area contributed by atoms with E-state index in [1.807, 2.05) is 0 Å². The van der Waals surface area contributed by atoms with Crippen LogP contribution >= 0.6 is 0 Å². The first-order chi connectivity index (χ1) is 14.4. The van der Waals surface area contributed by atoms with E-state index >= 15 is 0 Å². The second-order valence-electron chi connectivity index (χ2n) is 6.91.